The Hall–Kier alpha value is -2.67. The number of aromatic nitrogens is 2. The van der Waals surface area contributed by atoms with Crippen molar-refractivity contribution in [2.75, 3.05) is 34.8 Å². The van der Waals surface area contributed by atoms with Gasteiger partial charge < -0.3 is 20.9 Å². The van der Waals surface area contributed by atoms with Crippen LogP contribution in [0.25, 0.3) is 0 Å². The predicted octanol–water partition coefficient (Wildman–Crippen LogP) is 3.22. The van der Waals surface area contributed by atoms with E-state index in [-0.39, 0.29) is 6.04 Å². The van der Waals surface area contributed by atoms with Gasteiger partial charge in [0.25, 0.3) is 0 Å². The van der Waals surface area contributed by atoms with Crippen molar-refractivity contribution in [2.45, 2.75) is 44.2 Å². The molecule has 1 unspecified atom stereocenters. The summed E-state index contributed by atoms with van der Waals surface area (Å²) in [5.74, 6) is 1.57. The fourth-order valence-electron chi connectivity index (χ4n) is 4.49. The lowest BCUT2D eigenvalue weighted by molar-refractivity contribution is 0.631. The lowest BCUT2D eigenvalue weighted by atomic mass is 10.2. The Morgan fingerprint density at radius 3 is 2.64 bits per heavy atom. The van der Waals surface area contributed by atoms with E-state index in [4.69, 9.17) is 10.7 Å². The molecular weight excluding hydrogens is 350 g/mol. The zero-order valence-electron chi connectivity index (χ0n) is 16.1. The summed E-state index contributed by atoms with van der Waals surface area (Å²) in [6.45, 7) is 2.79. The molecule has 1 aromatic heterocycles. The third-order valence-corrected chi connectivity index (χ3v) is 6.01. The molecule has 0 spiro atoms. The van der Waals surface area contributed by atoms with Crippen molar-refractivity contribution in [2.24, 2.45) is 10.7 Å². The van der Waals surface area contributed by atoms with Crippen molar-refractivity contribution in [3.05, 3.63) is 30.5 Å². The van der Waals surface area contributed by atoms with E-state index in [9.17, 15) is 0 Å². The molecule has 2 aliphatic heterocycles. The van der Waals surface area contributed by atoms with E-state index in [0.717, 1.165) is 43.2 Å². The van der Waals surface area contributed by atoms with E-state index in [1.807, 2.05) is 12.4 Å². The molecule has 0 bridgehead atoms. The number of anilines is 4. The van der Waals surface area contributed by atoms with Gasteiger partial charge in [0, 0.05) is 42.8 Å². The van der Waals surface area contributed by atoms with Gasteiger partial charge in [-0.3, -0.25) is 4.99 Å². The average Bonchev–Trinajstić information content (AvgIpc) is 3.40. The van der Waals surface area contributed by atoms with Gasteiger partial charge in [-0.25, -0.2) is 4.98 Å². The number of hydrogen-bond donors (Lipinski definition) is 2. The highest BCUT2D eigenvalue weighted by atomic mass is 15.3. The van der Waals surface area contributed by atoms with Crippen molar-refractivity contribution in [1.29, 1.82) is 0 Å². The molecule has 1 atom stereocenters. The average molecular weight is 377 g/mol. The summed E-state index contributed by atoms with van der Waals surface area (Å²) in [4.78, 5) is 18.5. The highest BCUT2D eigenvalue weighted by Gasteiger charge is 2.27. The molecule has 5 rings (SSSR count). The standard InChI is InChI=1S/C21H27N7/c22-15-9-11-27(14-15)17-7-5-16(6-8-17)25-21-24-13-19-20(26-21)28(12-10-23-19)18-3-1-2-4-18/h5-8,10,13,15,18H,1-4,9,11-12,14,22H2,(H,24,25,26). The largest absolute Gasteiger partial charge is 0.370 e. The molecule has 146 valence electrons. The first-order valence-electron chi connectivity index (χ1n) is 10.3. The summed E-state index contributed by atoms with van der Waals surface area (Å²) < 4.78 is 0. The fourth-order valence-corrected chi connectivity index (χ4v) is 4.49. The molecular formula is C21H27N7. The molecule has 7 nitrogen and oxygen atoms in total. The quantitative estimate of drug-likeness (QED) is 0.851. The Kier molecular flexibility index (Phi) is 4.60. The van der Waals surface area contributed by atoms with Crippen LogP contribution in [0.15, 0.2) is 35.5 Å². The molecule has 0 amide bonds. The molecule has 3 aliphatic rings. The first-order chi connectivity index (χ1) is 13.8. The number of rotatable bonds is 4. The van der Waals surface area contributed by atoms with Gasteiger partial charge in [-0.15, -0.1) is 0 Å². The van der Waals surface area contributed by atoms with Gasteiger partial charge in [-0.05, 0) is 43.5 Å². The first-order valence-corrected chi connectivity index (χ1v) is 10.3. The van der Waals surface area contributed by atoms with Crippen LogP contribution < -0.4 is 20.9 Å². The van der Waals surface area contributed by atoms with Crippen LogP contribution in [0.3, 0.4) is 0 Å². The van der Waals surface area contributed by atoms with Crippen LogP contribution in [0.5, 0.6) is 0 Å². The van der Waals surface area contributed by atoms with Crippen molar-refractivity contribution < 1.29 is 0 Å². The first kappa shape index (κ1) is 17.4. The molecule has 1 saturated carbocycles. The SMILES string of the molecule is NC1CCN(c2ccc(Nc3ncc4c(n3)N(C3CCCC3)CC=N4)cc2)C1. The Bertz CT molecular complexity index is 858. The monoisotopic (exact) mass is 377 g/mol. The van der Waals surface area contributed by atoms with Crippen LogP contribution >= 0.6 is 0 Å². The Labute approximate surface area is 165 Å². The van der Waals surface area contributed by atoms with Crippen molar-refractivity contribution in [3.8, 4) is 0 Å². The maximum atomic E-state index is 6.02. The van der Waals surface area contributed by atoms with Gasteiger partial charge in [0.2, 0.25) is 5.95 Å². The Morgan fingerprint density at radius 1 is 1.07 bits per heavy atom. The molecule has 7 heteroatoms. The highest BCUT2D eigenvalue weighted by molar-refractivity contribution is 5.80. The van der Waals surface area contributed by atoms with Crippen molar-refractivity contribution in [1.82, 2.24) is 9.97 Å². The van der Waals surface area contributed by atoms with Gasteiger partial charge in [-0.2, -0.15) is 4.98 Å². The van der Waals surface area contributed by atoms with Crippen LogP contribution in [0.4, 0.5) is 28.8 Å². The molecule has 3 heterocycles. The predicted molar refractivity (Wildman–Crippen MR) is 114 cm³/mol. The lowest BCUT2D eigenvalue weighted by Gasteiger charge is -2.31. The number of aliphatic imine (C=N–C) groups is 1. The zero-order chi connectivity index (χ0) is 18.9. The molecule has 28 heavy (non-hydrogen) atoms. The number of nitrogens with two attached hydrogens (primary N) is 1. The van der Waals surface area contributed by atoms with Gasteiger partial charge in [-0.1, -0.05) is 12.8 Å². The minimum Gasteiger partial charge on any atom is -0.370 e. The number of hydrogen-bond acceptors (Lipinski definition) is 7. The summed E-state index contributed by atoms with van der Waals surface area (Å²) in [6.07, 6.45) is 9.94. The third-order valence-electron chi connectivity index (χ3n) is 6.01. The number of nitrogens with zero attached hydrogens (tertiary/aromatic N) is 5. The van der Waals surface area contributed by atoms with E-state index in [2.05, 4.69) is 49.4 Å². The van der Waals surface area contributed by atoms with Crippen LogP contribution in [-0.2, 0) is 0 Å². The highest BCUT2D eigenvalue weighted by Crippen LogP contribution is 2.35. The van der Waals surface area contributed by atoms with E-state index in [1.54, 1.807) is 0 Å². The molecule has 2 fully saturated rings. The summed E-state index contributed by atoms with van der Waals surface area (Å²) in [5, 5.41) is 3.35. The number of nitrogens with one attached hydrogen (secondary N) is 1. The van der Waals surface area contributed by atoms with E-state index >= 15 is 0 Å². The Balaban J connectivity index is 1.33. The molecule has 2 aromatic rings. The van der Waals surface area contributed by atoms with E-state index < -0.39 is 0 Å². The second kappa shape index (κ2) is 7.39. The smallest absolute Gasteiger partial charge is 0.229 e. The van der Waals surface area contributed by atoms with Crippen LogP contribution in [0, 0.1) is 0 Å². The maximum absolute atomic E-state index is 6.02. The van der Waals surface area contributed by atoms with Gasteiger partial charge in [0.05, 0.1) is 12.7 Å². The maximum Gasteiger partial charge on any atom is 0.229 e. The Morgan fingerprint density at radius 2 is 1.89 bits per heavy atom. The molecule has 0 radical (unpaired) electrons. The molecule has 1 aliphatic carbocycles. The fraction of sp³-hybridized carbons (Fsp3) is 0.476. The summed E-state index contributed by atoms with van der Waals surface area (Å²) >= 11 is 0. The third kappa shape index (κ3) is 3.42. The second-order valence-corrected chi connectivity index (χ2v) is 7.97. The van der Waals surface area contributed by atoms with Gasteiger partial charge in [0.1, 0.15) is 5.69 Å². The summed E-state index contributed by atoms with van der Waals surface area (Å²) in [5.41, 5.74) is 9.09. The topological polar surface area (TPSA) is 82.7 Å². The van der Waals surface area contributed by atoms with E-state index in [1.165, 1.54) is 31.4 Å². The number of fused-ring (bicyclic) bond motifs is 1. The molecule has 3 N–H and O–H groups in total. The van der Waals surface area contributed by atoms with Crippen LogP contribution in [0.1, 0.15) is 32.1 Å². The summed E-state index contributed by atoms with van der Waals surface area (Å²) in [7, 11) is 0. The van der Waals surface area contributed by atoms with Gasteiger partial charge in [0.15, 0.2) is 5.82 Å². The van der Waals surface area contributed by atoms with Crippen molar-refractivity contribution >= 4 is 35.0 Å². The normalized spacial score (nSPS) is 22.0. The zero-order valence-corrected chi connectivity index (χ0v) is 16.1. The number of benzene rings is 1. The summed E-state index contributed by atoms with van der Waals surface area (Å²) in [6, 6.07) is 9.28. The van der Waals surface area contributed by atoms with E-state index in [0.29, 0.717) is 12.0 Å². The van der Waals surface area contributed by atoms with Gasteiger partial charge >= 0.3 is 0 Å². The lowest BCUT2D eigenvalue weighted by Crippen LogP contribution is -2.37. The second-order valence-electron chi connectivity index (χ2n) is 7.97. The minimum absolute atomic E-state index is 0.284. The van der Waals surface area contributed by atoms with Crippen LogP contribution in [0.2, 0.25) is 0 Å². The van der Waals surface area contributed by atoms with Crippen LogP contribution in [-0.4, -0.2) is 47.9 Å². The molecule has 1 saturated heterocycles. The minimum atomic E-state index is 0.284. The molecule has 1 aromatic carbocycles. The van der Waals surface area contributed by atoms with Crippen molar-refractivity contribution in [3.63, 3.8) is 0 Å².